The van der Waals surface area contributed by atoms with Crippen LogP contribution in [0.25, 0.3) is 0 Å². The molecule has 1 aromatic carbocycles. The van der Waals surface area contributed by atoms with Crippen molar-refractivity contribution >= 4 is 5.97 Å². The summed E-state index contributed by atoms with van der Waals surface area (Å²) in [5.41, 5.74) is -0.699. The van der Waals surface area contributed by atoms with E-state index in [1.807, 2.05) is 0 Å². The molecule has 1 rings (SSSR count). The lowest BCUT2D eigenvalue weighted by molar-refractivity contribution is -0.139. The molecule has 0 heterocycles. The second-order valence-corrected chi connectivity index (χ2v) is 3.17. The Morgan fingerprint density at radius 3 is 2.47 bits per heavy atom. The van der Waals surface area contributed by atoms with Crippen LogP contribution in [-0.4, -0.2) is 11.1 Å². The van der Waals surface area contributed by atoms with Crippen molar-refractivity contribution in [2.45, 2.75) is 19.5 Å². The van der Waals surface area contributed by atoms with Gasteiger partial charge in [-0.15, -0.1) is 0 Å². The van der Waals surface area contributed by atoms with Crippen LogP contribution in [0.15, 0.2) is 18.2 Å². The molecule has 0 saturated carbocycles. The normalized spacial score (nSPS) is 11.5. The molecule has 0 radical (unpaired) electrons. The lowest BCUT2D eigenvalue weighted by Gasteiger charge is -2.13. The van der Waals surface area contributed by atoms with Crippen LogP contribution < -0.4 is 0 Å². The first kappa shape index (κ1) is 11.6. The van der Waals surface area contributed by atoms with Crippen LogP contribution in [0.1, 0.15) is 16.7 Å². The number of carboxylic acids is 1. The highest BCUT2D eigenvalue weighted by molar-refractivity contribution is 5.71. The molecule has 1 N–H and O–H groups in total. The maximum atomic E-state index is 12.5. The van der Waals surface area contributed by atoms with Crippen molar-refractivity contribution in [2.24, 2.45) is 0 Å². The summed E-state index contributed by atoms with van der Waals surface area (Å²) < 4.78 is 37.5. The number of rotatable bonds is 2. The molecule has 0 bridgehead atoms. The number of benzene rings is 1. The van der Waals surface area contributed by atoms with Gasteiger partial charge in [0, 0.05) is 0 Å². The zero-order valence-electron chi connectivity index (χ0n) is 7.93. The monoisotopic (exact) mass is 218 g/mol. The number of aryl methyl sites for hydroxylation is 1. The smallest absolute Gasteiger partial charge is 0.416 e. The molecular formula is C10H9F3O2. The largest absolute Gasteiger partial charge is 0.481 e. The van der Waals surface area contributed by atoms with Crippen molar-refractivity contribution in [3.8, 4) is 0 Å². The molecule has 0 atom stereocenters. The van der Waals surface area contributed by atoms with E-state index in [9.17, 15) is 18.0 Å². The predicted octanol–water partition coefficient (Wildman–Crippen LogP) is 2.64. The third kappa shape index (κ3) is 2.71. The molecule has 82 valence electrons. The van der Waals surface area contributed by atoms with Crippen molar-refractivity contribution < 1.29 is 23.1 Å². The molecule has 0 aliphatic carbocycles. The molecule has 2 nitrogen and oxygen atoms in total. The van der Waals surface area contributed by atoms with Gasteiger partial charge >= 0.3 is 12.1 Å². The Bertz CT molecular complexity index is 383. The van der Waals surface area contributed by atoms with Gasteiger partial charge in [0.05, 0.1) is 12.0 Å². The Morgan fingerprint density at radius 2 is 2.00 bits per heavy atom. The summed E-state index contributed by atoms with van der Waals surface area (Å²) >= 11 is 0. The van der Waals surface area contributed by atoms with E-state index in [1.165, 1.54) is 19.1 Å². The van der Waals surface area contributed by atoms with E-state index in [2.05, 4.69) is 0 Å². The SMILES string of the molecule is Cc1cccc(C(F)(F)F)c1CC(=O)O. The van der Waals surface area contributed by atoms with Gasteiger partial charge in [0.2, 0.25) is 0 Å². The molecular weight excluding hydrogens is 209 g/mol. The third-order valence-corrected chi connectivity index (χ3v) is 2.04. The summed E-state index contributed by atoms with van der Waals surface area (Å²) in [5, 5.41) is 8.51. The molecule has 0 amide bonds. The molecule has 1 aromatic rings. The van der Waals surface area contributed by atoms with Gasteiger partial charge in [-0.3, -0.25) is 4.79 Å². The molecule has 0 aromatic heterocycles. The van der Waals surface area contributed by atoms with Crippen LogP contribution in [-0.2, 0) is 17.4 Å². The van der Waals surface area contributed by atoms with Gasteiger partial charge in [0.1, 0.15) is 0 Å². The molecule has 0 saturated heterocycles. The first-order valence-electron chi connectivity index (χ1n) is 4.20. The lowest BCUT2D eigenvalue weighted by Crippen LogP contribution is -2.13. The average molecular weight is 218 g/mol. The maximum Gasteiger partial charge on any atom is 0.416 e. The highest BCUT2D eigenvalue weighted by Gasteiger charge is 2.34. The minimum absolute atomic E-state index is 0.169. The van der Waals surface area contributed by atoms with E-state index in [0.717, 1.165) is 6.07 Å². The molecule has 0 spiro atoms. The molecule has 0 aliphatic heterocycles. The van der Waals surface area contributed by atoms with E-state index < -0.39 is 24.1 Å². The van der Waals surface area contributed by atoms with Crippen LogP contribution in [0.3, 0.4) is 0 Å². The van der Waals surface area contributed by atoms with Crippen molar-refractivity contribution in [1.29, 1.82) is 0 Å². The van der Waals surface area contributed by atoms with E-state index in [4.69, 9.17) is 5.11 Å². The number of carboxylic acid groups (broad SMARTS) is 1. The average Bonchev–Trinajstić information content (AvgIpc) is 2.05. The highest BCUT2D eigenvalue weighted by Crippen LogP contribution is 2.33. The fraction of sp³-hybridized carbons (Fsp3) is 0.300. The van der Waals surface area contributed by atoms with Crippen molar-refractivity contribution in [3.63, 3.8) is 0 Å². The van der Waals surface area contributed by atoms with Gasteiger partial charge < -0.3 is 5.11 Å². The standard InChI is InChI=1S/C10H9F3O2/c1-6-3-2-4-8(10(11,12)13)7(6)5-9(14)15/h2-4H,5H2,1H3,(H,14,15). The molecule has 0 aliphatic rings. The topological polar surface area (TPSA) is 37.3 Å². The Morgan fingerprint density at radius 1 is 1.40 bits per heavy atom. The number of alkyl halides is 3. The lowest BCUT2D eigenvalue weighted by atomic mass is 9.99. The van der Waals surface area contributed by atoms with Crippen molar-refractivity contribution in [3.05, 3.63) is 34.9 Å². The van der Waals surface area contributed by atoms with E-state index in [-0.39, 0.29) is 5.56 Å². The summed E-state index contributed by atoms with van der Waals surface area (Å²) in [5.74, 6) is -1.27. The van der Waals surface area contributed by atoms with Gasteiger partial charge in [-0.25, -0.2) is 0 Å². The zero-order valence-corrected chi connectivity index (χ0v) is 7.93. The van der Waals surface area contributed by atoms with Crippen molar-refractivity contribution in [2.75, 3.05) is 0 Å². The van der Waals surface area contributed by atoms with Gasteiger partial charge in [-0.2, -0.15) is 13.2 Å². The predicted molar refractivity (Wildman–Crippen MR) is 47.5 cm³/mol. The quantitative estimate of drug-likeness (QED) is 0.828. The maximum absolute atomic E-state index is 12.5. The molecule has 0 unspecified atom stereocenters. The van der Waals surface area contributed by atoms with E-state index >= 15 is 0 Å². The van der Waals surface area contributed by atoms with Crippen LogP contribution in [0, 0.1) is 6.92 Å². The van der Waals surface area contributed by atoms with Gasteiger partial charge in [0.15, 0.2) is 0 Å². The number of carbonyl (C=O) groups is 1. The second-order valence-electron chi connectivity index (χ2n) is 3.17. The summed E-state index contributed by atoms with van der Waals surface area (Å²) in [7, 11) is 0. The Hall–Kier alpha value is -1.52. The number of halogens is 3. The fourth-order valence-corrected chi connectivity index (χ4v) is 1.35. The van der Waals surface area contributed by atoms with E-state index in [0.29, 0.717) is 5.56 Å². The van der Waals surface area contributed by atoms with E-state index in [1.54, 1.807) is 0 Å². The third-order valence-electron chi connectivity index (χ3n) is 2.04. The summed E-state index contributed by atoms with van der Waals surface area (Å²) in [4.78, 5) is 10.4. The Kier molecular flexibility index (Phi) is 3.02. The Balaban J connectivity index is 3.26. The number of hydrogen-bond donors (Lipinski definition) is 1. The molecule has 5 heteroatoms. The van der Waals surface area contributed by atoms with Crippen LogP contribution in [0.4, 0.5) is 13.2 Å². The first-order valence-corrected chi connectivity index (χ1v) is 4.20. The molecule has 0 fully saturated rings. The Labute approximate surface area is 84.3 Å². The second kappa shape index (κ2) is 3.92. The summed E-state index contributed by atoms with van der Waals surface area (Å²) in [6.07, 6.45) is -5.11. The minimum Gasteiger partial charge on any atom is -0.481 e. The minimum atomic E-state index is -4.50. The van der Waals surface area contributed by atoms with Gasteiger partial charge in [-0.05, 0) is 24.1 Å². The van der Waals surface area contributed by atoms with Gasteiger partial charge in [-0.1, -0.05) is 12.1 Å². The number of aliphatic carboxylic acids is 1. The first-order chi connectivity index (χ1) is 6.82. The highest BCUT2D eigenvalue weighted by atomic mass is 19.4. The van der Waals surface area contributed by atoms with Crippen molar-refractivity contribution in [1.82, 2.24) is 0 Å². The van der Waals surface area contributed by atoms with Gasteiger partial charge in [0.25, 0.3) is 0 Å². The number of hydrogen-bond acceptors (Lipinski definition) is 1. The fourth-order valence-electron chi connectivity index (χ4n) is 1.35. The summed E-state index contributed by atoms with van der Waals surface area (Å²) in [6.45, 7) is 1.47. The zero-order chi connectivity index (χ0) is 11.6. The van der Waals surface area contributed by atoms with Crippen LogP contribution in [0.5, 0.6) is 0 Å². The summed E-state index contributed by atoms with van der Waals surface area (Å²) in [6, 6.07) is 3.63. The molecule has 15 heavy (non-hydrogen) atoms. The van der Waals surface area contributed by atoms with Crippen LogP contribution >= 0.6 is 0 Å². The van der Waals surface area contributed by atoms with Crippen LogP contribution in [0.2, 0.25) is 0 Å².